The summed E-state index contributed by atoms with van der Waals surface area (Å²) in [5.41, 5.74) is 4.84. The van der Waals surface area contributed by atoms with E-state index in [1.165, 1.54) is 32.6 Å². The van der Waals surface area contributed by atoms with Crippen molar-refractivity contribution < 1.29 is 33.6 Å². The summed E-state index contributed by atoms with van der Waals surface area (Å²) in [6.45, 7) is 7.60. The molecule has 11 nitrogen and oxygen atoms in total. The van der Waals surface area contributed by atoms with E-state index in [4.69, 9.17) is 18.9 Å². The van der Waals surface area contributed by atoms with Gasteiger partial charge in [0.2, 0.25) is 12.7 Å². The average Bonchev–Trinajstić information content (AvgIpc) is 3.56. The van der Waals surface area contributed by atoms with Crippen molar-refractivity contribution in [1.29, 1.82) is 5.26 Å². The van der Waals surface area contributed by atoms with Gasteiger partial charge in [0, 0.05) is 54.2 Å². The number of nitriles is 1. The topological polar surface area (TPSA) is 134 Å². The maximum absolute atomic E-state index is 13.3. The average molecular weight is 675 g/mol. The van der Waals surface area contributed by atoms with E-state index < -0.39 is 18.1 Å². The smallest absolute Gasteiger partial charge is 0.308 e. The SMILES string of the molecule is CCCCCCCCCC(=O)NC[C@H]1c2c(c(OC(C)=O)c(C)c3c2OCO3)CC2[C@H]3c4c(cc(C)c(OC)c4O)C[C@H]([C@H](C#N)N21)N3C. The Morgan fingerprint density at radius 1 is 1.04 bits per heavy atom. The Hall–Kier alpha value is -4.01. The molecular formula is C38H50N4O7. The molecule has 0 aliphatic carbocycles. The van der Waals surface area contributed by atoms with Gasteiger partial charge in [-0.1, -0.05) is 51.5 Å². The third-order valence-corrected chi connectivity index (χ3v) is 11.0. The summed E-state index contributed by atoms with van der Waals surface area (Å²) >= 11 is 0. The molecule has 2 aromatic rings. The number of carbonyl (C=O) groups is 2. The van der Waals surface area contributed by atoms with Gasteiger partial charge in [-0.25, -0.2) is 0 Å². The molecule has 1 fully saturated rings. The van der Waals surface area contributed by atoms with Crippen molar-refractivity contribution in [2.75, 3.05) is 27.5 Å². The van der Waals surface area contributed by atoms with Crippen molar-refractivity contribution in [1.82, 2.24) is 15.1 Å². The number of unbranched alkanes of at least 4 members (excludes halogenated alkanes) is 6. The van der Waals surface area contributed by atoms with Gasteiger partial charge < -0.3 is 29.4 Å². The highest BCUT2D eigenvalue weighted by Gasteiger charge is 2.56. The highest BCUT2D eigenvalue weighted by Crippen LogP contribution is 2.58. The Bertz CT molecular complexity index is 1650. The van der Waals surface area contributed by atoms with E-state index in [9.17, 15) is 20.0 Å². The lowest BCUT2D eigenvalue weighted by molar-refractivity contribution is -0.132. The van der Waals surface area contributed by atoms with Gasteiger partial charge >= 0.3 is 5.97 Å². The highest BCUT2D eigenvalue weighted by molar-refractivity contribution is 5.76. The number of aryl methyl sites for hydroxylation is 1. The Labute approximate surface area is 289 Å². The third kappa shape index (κ3) is 6.18. The minimum Gasteiger partial charge on any atom is -0.504 e. The number of ether oxygens (including phenoxy) is 4. The quantitative estimate of drug-likeness (QED) is 0.164. The second kappa shape index (κ2) is 14.5. The first kappa shape index (κ1) is 34.8. The zero-order chi connectivity index (χ0) is 35.0. The molecule has 4 aliphatic heterocycles. The van der Waals surface area contributed by atoms with Gasteiger partial charge in [-0.05, 0) is 51.3 Å². The van der Waals surface area contributed by atoms with Crippen LogP contribution in [-0.4, -0.2) is 72.4 Å². The van der Waals surface area contributed by atoms with E-state index in [-0.39, 0.29) is 43.1 Å². The molecule has 6 rings (SSSR count). The number of methoxy groups -OCH3 is 1. The van der Waals surface area contributed by atoms with E-state index in [1.807, 2.05) is 20.9 Å². The fourth-order valence-corrected chi connectivity index (χ4v) is 8.85. The lowest BCUT2D eigenvalue weighted by Crippen LogP contribution is -2.68. The molecule has 0 aromatic heterocycles. The normalized spacial score (nSPS) is 23.6. The monoisotopic (exact) mass is 674 g/mol. The third-order valence-electron chi connectivity index (χ3n) is 11.0. The molecule has 2 N–H and O–H groups in total. The Morgan fingerprint density at radius 3 is 2.45 bits per heavy atom. The zero-order valence-corrected chi connectivity index (χ0v) is 29.7. The van der Waals surface area contributed by atoms with Crippen LogP contribution in [0, 0.1) is 25.2 Å². The molecule has 0 radical (unpaired) electrons. The maximum atomic E-state index is 13.3. The van der Waals surface area contributed by atoms with Crippen LogP contribution in [0.5, 0.6) is 28.7 Å². The number of amides is 1. The summed E-state index contributed by atoms with van der Waals surface area (Å²) in [5, 5.41) is 25.8. The first-order valence-electron chi connectivity index (χ1n) is 17.8. The van der Waals surface area contributed by atoms with Crippen LogP contribution in [0.3, 0.4) is 0 Å². The minimum atomic E-state index is -0.543. The van der Waals surface area contributed by atoms with Crippen LogP contribution in [0.1, 0.15) is 111 Å². The molecule has 5 atom stereocenters. The number of fused-ring (bicyclic) bond motifs is 9. The van der Waals surface area contributed by atoms with Crippen molar-refractivity contribution in [3.8, 4) is 34.8 Å². The minimum absolute atomic E-state index is 0.0168. The van der Waals surface area contributed by atoms with Crippen LogP contribution in [0.15, 0.2) is 6.07 Å². The number of phenolic OH excluding ortho intramolecular Hbond substituents is 1. The lowest BCUT2D eigenvalue weighted by Gasteiger charge is -2.60. The van der Waals surface area contributed by atoms with Crippen LogP contribution in [0.4, 0.5) is 0 Å². The van der Waals surface area contributed by atoms with Crippen molar-refractivity contribution >= 4 is 11.9 Å². The molecule has 4 heterocycles. The second-order valence-electron chi connectivity index (χ2n) is 14.0. The van der Waals surface area contributed by atoms with E-state index in [0.29, 0.717) is 47.8 Å². The number of aromatic hydroxyl groups is 1. The summed E-state index contributed by atoms with van der Waals surface area (Å²) < 4.78 is 23.6. The molecule has 1 unspecified atom stereocenters. The standard InChI is InChI=1S/C38H50N4O7/c1-7-8-9-10-11-12-13-14-30(44)40-19-29-32-25(36(49-23(4)43)22(3)37-38(32)48-20-47-37)17-27-33-31-24(15-21(2)35(46-6)34(31)45)16-26(41(33)5)28(18-39)42(27)29/h15,26-29,33,45H,7-14,16-17,19-20H2,1-6H3,(H,40,44)/t26-,27?,28+,29+,33+/m1/s1. The maximum Gasteiger partial charge on any atom is 0.308 e. The van der Waals surface area contributed by atoms with Gasteiger partial charge in [0.05, 0.1) is 25.3 Å². The molecule has 2 aromatic carbocycles. The van der Waals surface area contributed by atoms with Gasteiger partial charge in [0.1, 0.15) is 11.8 Å². The van der Waals surface area contributed by atoms with E-state index >= 15 is 0 Å². The summed E-state index contributed by atoms with van der Waals surface area (Å²) in [6, 6.07) is 2.85. The molecule has 0 spiro atoms. The van der Waals surface area contributed by atoms with Crippen LogP contribution in [0.25, 0.3) is 0 Å². The summed E-state index contributed by atoms with van der Waals surface area (Å²) in [6.07, 6.45) is 9.24. The molecular weight excluding hydrogens is 624 g/mol. The molecule has 0 saturated carbocycles. The number of esters is 1. The predicted octanol–water partition coefficient (Wildman–Crippen LogP) is 5.70. The summed E-state index contributed by atoms with van der Waals surface area (Å²) in [7, 11) is 3.57. The van der Waals surface area contributed by atoms with Gasteiger partial charge in [0.15, 0.2) is 23.0 Å². The molecule has 264 valence electrons. The summed E-state index contributed by atoms with van der Waals surface area (Å²) in [4.78, 5) is 30.3. The van der Waals surface area contributed by atoms with Crippen molar-refractivity contribution in [2.24, 2.45) is 0 Å². The molecule has 1 amide bonds. The van der Waals surface area contributed by atoms with Crippen LogP contribution in [-0.2, 0) is 22.4 Å². The number of nitrogens with zero attached hydrogens (tertiary/aromatic N) is 3. The fourth-order valence-electron chi connectivity index (χ4n) is 8.85. The predicted molar refractivity (Wildman–Crippen MR) is 183 cm³/mol. The number of nitrogens with one attached hydrogen (secondary N) is 1. The molecule has 1 saturated heterocycles. The van der Waals surface area contributed by atoms with Gasteiger partial charge in [-0.15, -0.1) is 0 Å². The van der Waals surface area contributed by atoms with Crippen LogP contribution < -0.4 is 24.3 Å². The van der Waals surface area contributed by atoms with E-state index in [2.05, 4.69) is 34.2 Å². The number of hydrogen-bond donors (Lipinski definition) is 2. The first-order chi connectivity index (χ1) is 23.6. The summed E-state index contributed by atoms with van der Waals surface area (Å²) in [5.74, 6) is 1.55. The highest BCUT2D eigenvalue weighted by atomic mass is 16.7. The van der Waals surface area contributed by atoms with Crippen molar-refractivity contribution in [2.45, 2.75) is 122 Å². The molecule has 4 aliphatic rings. The lowest BCUT2D eigenvalue weighted by atomic mass is 9.71. The largest absolute Gasteiger partial charge is 0.504 e. The molecule has 49 heavy (non-hydrogen) atoms. The number of phenols is 1. The first-order valence-corrected chi connectivity index (χ1v) is 17.8. The van der Waals surface area contributed by atoms with E-state index in [0.717, 1.165) is 47.1 Å². The fraction of sp³-hybridized carbons (Fsp3) is 0.605. The number of likely N-dealkylation sites (N-methyl/N-ethyl adjacent to an activating group) is 1. The molecule has 11 heteroatoms. The number of benzene rings is 2. The number of piperazine rings is 1. The van der Waals surface area contributed by atoms with Gasteiger partial charge in [-0.3, -0.25) is 19.4 Å². The second-order valence-corrected chi connectivity index (χ2v) is 14.0. The van der Waals surface area contributed by atoms with Crippen LogP contribution >= 0.6 is 0 Å². The number of rotatable bonds is 12. The Morgan fingerprint density at radius 2 is 1.76 bits per heavy atom. The van der Waals surface area contributed by atoms with Gasteiger partial charge in [0.25, 0.3) is 0 Å². The zero-order valence-electron chi connectivity index (χ0n) is 29.7. The van der Waals surface area contributed by atoms with Gasteiger partial charge in [-0.2, -0.15) is 5.26 Å². The van der Waals surface area contributed by atoms with Crippen molar-refractivity contribution in [3.63, 3.8) is 0 Å². The van der Waals surface area contributed by atoms with E-state index in [1.54, 1.807) is 7.11 Å². The van der Waals surface area contributed by atoms with Crippen LogP contribution in [0.2, 0.25) is 0 Å². The molecule has 2 bridgehead atoms. The number of carbonyl (C=O) groups excluding carboxylic acids is 2. The Balaban J connectivity index is 1.42. The number of hydrogen-bond acceptors (Lipinski definition) is 10. The Kier molecular flexibility index (Phi) is 10.3. The van der Waals surface area contributed by atoms with Crippen molar-refractivity contribution in [3.05, 3.63) is 39.4 Å².